The maximum absolute atomic E-state index is 10.8. The maximum Gasteiger partial charge on any atom is 0.0940 e. The monoisotopic (exact) mass is 314 g/mol. The molecular weight excluding hydrogens is 288 g/mol. The molecule has 1 aromatic heterocycles. The molecule has 1 aliphatic carbocycles. The Kier molecular flexibility index (Phi) is 5.33. The fourth-order valence-corrected chi connectivity index (χ4v) is 3.71. The van der Waals surface area contributed by atoms with Crippen LogP contribution in [0.3, 0.4) is 0 Å². The Morgan fingerprint density at radius 1 is 1.48 bits per heavy atom. The van der Waals surface area contributed by atoms with Crippen LogP contribution in [0.4, 0.5) is 0 Å². The van der Waals surface area contributed by atoms with Gasteiger partial charge in [0.2, 0.25) is 0 Å². The van der Waals surface area contributed by atoms with E-state index in [9.17, 15) is 5.11 Å². The summed E-state index contributed by atoms with van der Waals surface area (Å²) in [6.45, 7) is 4.30. The molecule has 1 N–H and O–H groups in total. The van der Waals surface area contributed by atoms with Crippen molar-refractivity contribution in [2.75, 3.05) is 7.11 Å². The van der Waals surface area contributed by atoms with E-state index < -0.39 is 11.7 Å². The van der Waals surface area contributed by atoms with Crippen LogP contribution < -0.4 is 0 Å². The summed E-state index contributed by atoms with van der Waals surface area (Å²) in [7, 11) is 3.59. The maximum atomic E-state index is 10.8. The van der Waals surface area contributed by atoms with Gasteiger partial charge in [-0.3, -0.25) is 4.68 Å². The molecule has 0 radical (unpaired) electrons. The van der Waals surface area contributed by atoms with E-state index in [-0.39, 0.29) is 0 Å². The number of aliphatic hydroxyl groups is 1. The second kappa shape index (κ2) is 6.67. The predicted octanol–water partition coefficient (Wildman–Crippen LogP) is 3.13. The number of nitrogens with zero attached hydrogens (tertiary/aromatic N) is 2. The highest BCUT2D eigenvalue weighted by Gasteiger charge is 2.41. The molecule has 0 amide bonds. The largest absolute Gasteiger partial charge is 0.390 e. The van der Waals surface area contributed by atoms with Crippen molar-refractivity contribution in [3.8, 4) is 0 Å². The summed E-state index contributed by atoms with van der Waals surface area (Å²) in [6, 6.07) is 0. The molecule has 1 saturated carbocycles. The minimum Gasteiger partial charge on any atom is -0.390 e. The molecule has 0 aliphatic heterocycles. The van der Waals surface area contributed by atoms with Crippen molar-refractivity contribution in [2.24, 2.45) is 13.0 Å². The van der Waals surface area contributed by atoms with Gasteiger partial charge in [0.25, 0.3) is 0 Å². The number of aromatic nitrogens is 2. The molecule has 21 heavy (non-hydrogen) atoms. The molecule has 2 rings (SSSR count). The molecule has 1 aromatic rings. The SMILES string of the molecule is CCc1nn(C)c(CC(O)C2(OC)CCC(C)CC2)c1Cl. The van der Waals surface area contributed by atoms with Crippen molar-refractivity contribution in [3.05, 3.63) is 16.4 Å². The van der Waals surface area contributed by atoms with Crippen LogP contribution in [0.1, 0.15) is 50.9 Å². The minimum atomic E-state index is -0.549. The number of ether oxygens (including phenoxy) is 1. The molecule has 120 valence electrons. The second-order valence-electron chi connectivity index (χ2n) is 6.36. The van der Waals surface area contributed by atoms with Crippen LogP contribution in [0.5, 0.6) is 0 Å². The van der Waals surface area contributed by atoms with Gasteiger partial charge in [0.1, 0.15) is 0 Å². The number of methoxy groups -OCH3 is 1. The van der Waals surface area contributed by atoms with Crippen LogP contribution in [-0.2, 0) is 24.6 Å². The van der Waals surface area contributed by atoms with Crippen molar-refractivity contribution in [2.45, 2.75) is 64.1 Å². The summed E-state index contributed by atoms with van der Waals surface area (Å²) in [5.41, 5.74) is 1.35. The van der Waals surface area contributed by atoms with Gasteiger partial charge in [-0.05, 0) is 38.0 Å². The molecule has 1 fully saturated rings. The molecule has 1 heterocycles. The summed E-state index contributed by atoms with van der Waals surface area (Å²) in [5, 5.41) is 15.9. The highest BCUT2D eigenvalue weighted by Crippen LogP contribution is 2.38. The molecule has 0 saturated heterocycles. The van der Waals surface area contributed by atoms with E-state index in [2.05, 4.69) is 12.0 Å². The minimum absolute atomic E-state index is 0.438. The Balaban J connectivity index is 2.16. The molecule has 4 nitrogen and oxygen atoms in total. The van der Waals surface area contributed by atoms with E-state index in [1.807, 2.05) is 14.0 Å². The number of hydrogen-bond acceptors (Lipinski definition) is 3. The van der Waals surface area contributed by atoms with Crippen LogP contribution in [0.15, 0.2) is 0 Å². The molecule has 1 atom stereocenters. The third-order valence-corrected chi connectivity index (χ3v) is 5.46. The Morgan fingerprint density at radius 2 is 2.10 bits per heavy atom. The van der Waals surface area contributed by atoms with E-state index >= 15 is 0 Å². The van der Waals surface area contributed by atoms with E-state index in [4.69, 9.17) is 16.3 Å². The lowest BCUT2D eigenvalue weighted by Crippen LogP contribution is -2.48. The van der Waals surface area contributed by atoms with Crippen LogP contribution in [0, 0.1) is 5.92 Å². The summed E-state index contributed by atoms with van der Waals surface area (Å²) in [6.07, 6.45) is 4.76. The smallest absolute Gasteiger partial charge is 0.0940 e. The third-order valence-electron chi connectivity index (χ3n) is 5.02. The molecule has 0 aromatic carbocycles. The van der Waals surface area contributed by atoms with Crippen LogP contribution in [0.25, 0.3) is 0 Å². The fraction of sp³-hybridized carbons (Fsp3) is 0.812. The van der Waals surface area contributed by atoms with E-state index in [1.165, 1.54) is 0 Å². The van der Waals surface area contributed by atoms with E-state index in [0.717, 1.165) is 43.5 Å². The van der Waals surface area contributed by atoms with Crippen LogP contribution in [0.2, 0.25) is 5.02 Å². The number of rotatable bonds is 5. The normalized spacial score (nSPS) is 27.8. The summed E-state index contributed by atoms with van der Waals surface area (Å²) < 4.78 is 7.54. The highest BCUT2D eigenvalue weighted by molar-refractivity contribution is 6.31. The highest BCUT2D eigenvalue weighted by atomic mass is 35.5. The lowest BCUT2D eigenvalue weighted by atomic mass is 9.75. The van der Waals surface area contributed by atoms with E-state index in [0.29, 0.717) is 17.4 Å². The summed E-state index contributed by atoms with van der Waals surface area (Å²) in [5.74, 6) is 0.715. The second-order valence-corrected chi connectivity index (χ2v) is 6.73. The standard InChI is InChI=1S/C16H27ClN2O2/c1-5-12-15(17)13(19(3)18-12)10-14(20)16(21-4)8-6-11(2)7-9-16/h11,14,20H,5-10H2,1-4H3. The topological polar surface area (TPSA) is 47.3 Å². The Bertz CT molecular complexity index is 479. The third kappa shape index (κ3) is 3.27. The van der Waals surface area contributed by atoms with Crippen molar-refractivity contribution >= 4 is 11.6 Å². The van der Waals surface area contributed by atoms with Crippen molar-refractivity contribution in [3.63, 3.8) is 0 Å². The van der Waals surface area contributed by atoms with Crippen molar-refractivity contribution in [1.82, 2.24) is 9.78 Å². The van der Waals surface area contributed by atoms with Gasteiger partial charge >= 0.3 is 0 Å². The first kappa shape index (κ1) is 16.8. The van der Waals surface area contributed by atoms with Crippen LogP contribution in [-0.4, -0.2) is 33.7 Å². The van der Waals surface area contributed by atoms with E-state index in [1.54, 1.807) is 11.8 Å². The average Bonchev–Trinajstić information content (AvgIpc) is 2.75. The zero-order chi connectivity index (χ0) is 15.6. The zero-order valence-electron chi connectivity index (χ0n) is 13.5. The molecule has 0 bridgehead atoms. The van der Waals surface area contributed by atoms with Crippen LogP contribution >= 0.6 is 11.6 Å². The lowest BCUT2D eigenvalue weighted by molar-refractivity contribution is -0.127. The zero-order valence-corrected chi connectivity index (χ0v) is 14.3. The van der Waals surface area contributed by atoms with Crippen molar-refractivity contribution in [1.29, 1.82) is 0 Å². The van der Waals surface area contributed by atoms with Gasteiger partial charge in [-0.15, -0.1) is 0 Å². The number of hydrogen-bond donors (Lipinski definition) is 1. The van der Waals surface area contributed by atoms with Gasteiger partial charge < -0.3 is 9.84 Å². The molecular formula is C16H27ClN2O2. The van der Waals surface area contributed by atoms with Crippen molar-refractivity contribution < 1.29 is 9.84 Å². The first-order chi connectivity index (χ1) is 9.93. The summed E-state index contributed by atoms with van der Waals surface area (Å²) in [4.78, 5) is 0. The Labute approximate surface area is 132 Å². The van der Waals surface area contributed by atoms with Gasteiger partial charge in [-0.2, -0.15) is 5.10 Å². The van der Waals surface area contributed by atoms with Gasteiger partial charge in [-0.25, -0.2) is 0 Å². The van der Waals surface area contributed by atoms with Gasteiger partial charge in [0, 0.05) is 20.6 Å². The number of aryl methyl sites for hydroxylation is 2. The Morgan fingerprint density at radius 3 is 2.57 bits per heavy atom. The summed E-state index contributed by atoms with van der Waals surface area (Å²) >= 11 is 6.39. The predicted molar refractivity (Wildman–Crippen MR) is 84.7 cm³/mol. The average molecular weight is 315 g/mol. The lowest BCUT2D eigenvalue weighted by Gasteiger charge is -2.41. The first-order valence-electron chi connectivity index (χ1n) is 7.87. The number of halogens is 1. The Hall–Kier alpha value is -0.580. The molecule has 5 heteroatoms. The van der Waals surface area contributed by atoms with Gasteiger partial charge in [0.05, 0.1) is 28.1 Å². The molecule has 0 spiro atoms. The molecule has 1 unspecified atom stereocenters. The number of aliphatic hydroxyl groups excluding tert-OH is 1. The van der Waals surface area contributed by atoms with Gasteiger partial charge in [-0.1, -0.05) is 25.4 Å². The van der Waals surface area contributed by atoms with Gasteiger partial charge in [0.15, 0.2) is 0 Å². The fourth-order valence-electron chi connectivity index (χ4n) is 3.33. The quantitative estimate of drug-likeness (QED) is 0.908. The molecule has 1 aliphatic rings. The first-order valence-corrected chi connectivity index (χ1v) is 8.24.